The molecule has 0 aliphatic rings. The van der Waals surface area contributed by atoms with Gasteiger partial charge in [0.2, 0.25) is 0 Å². The molecule has 16 heavy (non-hydrogen) atoms. The van der Waals surface area contributed by atoms with Gasteiger partial charge in [-0.15, -0.1) is 0 Å². The van der Waals surface area contributed by atoms with Gasteiger partial charge in [-0.2, -0.15) is 0 Å². The highest BCUT2D eigenvalue weighted by Gasteiger charge is 2.07. The van der Waals surface area contributed by atoms with E-state index in [0.29, 0.717) is 0 Å². The molecule has 0 aliphatic heterocycles. The SMILES string of the molecule is COC(=O)CCn1cccc(C(N)=S)c1=O. The molecule has 0 aromatic carbocycles. The molecule has 2 N–H and O–H groups in total. The zero-order chi connectivity index (χ0) is 12.1. The van der Waals surface area contributed by atoms with Crippen LogP contribution in [0.25, 0.3) is 0 Å². The topological polar surface area (TPSA) is 74.3 Å². The van der Waals surface area contributed by atoms with Crippen molar-refractivity contribution in [1.29, 1.82) is 0 Å². The van der Waals surface area contributed by atoms with E-state index in [9.17, 15) is 9.59 Å². The molecule has 0 spiro atoms. The van der Waals surface area contributed by atoms with E-state index < -0.39 is 0 Å². The van der Waals surface area contributed by atoms with Crippen LogP contribution in [0.1, 0.15) is 12.0 Å². The van der Waals surface area contributed by atoms with Gasteiger partial charge in [0, 0.05) is 12.7 Å². The zero-order valence-electron chi connectivity index (χ0n) is 8.80. The van der Waals surface area contributed by atoms with Crippen LogP contribution in [-0.2, 0) is 16.1 Å². The smallest absolute Gasteiger partial charge is 0.307 e. The fraction of sp³-hybridized carbons (Fsp3) is 0.300. The molecule has 0 amide bonds. The van der Waals surface area contributed by atoms with Crippen molar-refractivity contribution in [1.82, 2.24) is 4.57 Å². The molecule has 0 fully saturated rings. The summed E-state index contributed by atoms with van der Waals surface area (Å²) >= 11 is 4.74. The van der Waals surface area contributed by atoms with Crippen LogP contribution in [0, 0.1) is 0 Å². The van der Waals surface area contributed by atoms with Gasteiger partial charge in [0.05, 0.1) is 19.1 Å². The number of pyridine rings is 1. The largest absolute Gasteiger partial charge is 0.469 e. The summed E-state index contributed by atoms with van der Waals surface area (Å²) in [6.07, 6.45) is 1.71. The third-order valence-electron chi connectivity index (χ3n) is 2.07. The molecule has 0 aliphatic carbocycles. The molecule has 0 radical (unpaired) electrons. The lowest BCUT2D eigenvalue weighted by atomic mass is 10.2. The third-order valence-corrected chi connectivity index (χ3v) is 2.29. The highest BCUT2D eigenvalue weighted by atomic mass is 32.1. The van der Waals surface area contributed by atoms with Gasteiger partial charge in [-0.3, -0.25) is 9.59 Å². The number of methoxy groups -OCH3 is 1. The van der Waals surface area contributed by atoms with Crippen LogP contribution < -0.4 is 11.3 Å². The van der Waals surface area contributed by atoms with E-state index >= 15 is 0 Å². The maximum absolute atomic E-state index is 11.8. The molecular formula is C10H12N2O3S. The summed E-state index contributed by atoms with van der Waals surface area (Å²) in [5.74, 6) is -0.368. The van der Waals surface area contributed by atoms with Crippen LogP contribution in [0.4, 0.5) is 0 Å². The quantitative estimate of drug-likeness (QED) is 0.594. The van der Waals surface area contributed by atoms with Crippen molar-refractivity contribution in [3.63, 3.8) is 0 Å². The number of carbonyl (C=O) groups is 1. The number of carbonyl (C=O) groups excluding carboxylic acids is 1. The summed E-state index contributed by atoms with van der Waals surface area (Å²) in [5.41, 5.74) is 5.38. The van der Waals surface area contributed by atoms with E-state index in [1.165, 1.54) is 11.7 Å². The molecule has 1 heterocycles. The molecule has 0 saturated carbocycles. The van der Waals surface area contributed by atoms with Crippen LogP contribution in [0.15, 0.2) is 23.1 Å². The summed E-state index contributed by atoms with van der Waals surface area (Å²) in [5, 5.41) is 0. The lowest BCUT2D eigenvalue weighted by molar-refractivity contribution is -0.140. The highest BCUT2D eigenvalue weighted by Crippen LogP contribution is 1.94. The maximum Gasteiger partial charge on any atom is 0.307 e. The number of hydrogen-bond donors (Lipinski definition) is 1. The second-order valence-corrected chi connectivity index (χ2v) is 3.55. The van der Waals surface area contributed by atoms with Crippen molar-refractivity contribution in [3.8, 4) is 0 Å². The first-order chi connectivity index (χ1) is 7.56. The van der Waals surface area contributed by atoms with Gasteiger partial charge in [0.25, 0.3) is 5.56 Å². The van der Waals surface area contributed by atoms with Crippen molar-refractivity contribution in [2.24, 2.45) is 5.73 Å². The van der Waals surface area contributed by atoms with Crippen LogP contribution >= 0.6 is 12.2 Å². The molecular weight excluding hydrogens is 228 g/mol. The molecule has 1 rings (SSSR count). The van der Waals surface area contributed by atoms with E-state index in [4.69, 9.17) is 18.0 Å². The summed E-state index contributed by atoms with van der Waals surface area (Å²) in [6, 6.07) is 3.21. The summed E-state index contributed by atoms with van der Waals surface area (Å²) in [7, 11) is 1.30. The van der Waals surface area contributed by atoms with Crippen molar-refractivity contribution in [2.75, 3.05) is 7.11 Å². The Morgan fingerprint density at radius 2 is 2.31 bits per heavy atom. The van der Waals surface area contributed by atoms with E-state index in [1.807, 2.05) is 0 Å². The number of nitrogens with two attached hydrogens (primary N) is 1. The average molecular weight is 240 g/mol. The van der Waals surface area contributed by atoms with Gasteiger partial charge in [-0.25, -0.2) is 0 Å². The monoisotopic (exact) mass is 240 g/mol. The van der Waals surface area contributed by atoms with Gasteiger partial charge in [-0.1, -0.05) is 12.2 Å². The van der Waals surface area contributed by atoms with Crippen LogP contribution in [0.5, 0.6) is 0 Å². The van der Waals surface area contributed by atoms with E-state index in [-0.39, 0.29) is 35.0 Å². The number of ether oxygens (including phenoxy) is 1. The summed E-state index contributed by atoms with van der Waals surface area (Å²) < 4.78 is 5.87. The number of rotatable bonds is 4. The molecule has 1 aromatic heterocycles. The van der Waals surface area contributed by atoms with Crippen LogP contribution in [0.3, 0.4) is 0 Å². The fourth-order valence-electron chi connectivity index (χ4n) is 1.21. The van der Waals surface area contributed by atoms with Gasteiger partial charge in [0.15, 0.2) is 0 Å². The Kier molecular flexibility index (Phi) is 4.19. The number of esters is 1. The number of nitrogens with zero attached hydrogens (tertiary/aromatic N) is 1. The van der Waals surface area contributed by atoms with Crippen molar-refractivity contribution in [2.45, 2.75) is 13.0 Å². The minimum atomic E-state index is -0.368. The Hall–Kier alpha value is -1.69. The van der Waals surface area contributed by atoms with E-state index in [0.717, 1.165) is 0 Å². The summed E-state index contributed by atoms with van der Waals surface area (Å²) in [4.78, 5) is 22.7. The maximum atomic E-state index is 11.8. The lowest BCUT2D eigenvalue weighted by Gasteiger charge is -2.06. The number of aryl methyl sites for hydroxylation is 1. The van der Waals surface area contributed by atoms with Gasteiger partial charge >= 0.3 is 5.97 Å². The molecule has 0 bridgehead atoms. The fourth-order valence-corrected chi connectivity index (χ4v) is 1.37. The minimum Gasteiger partial charge on any atom is -0.469 e. The zero-order valence-corrected chi connectivity index (χ0v) is 9.62. The Balaban J connectivity index is 2.90. The van der Waals surface area contributed by atoms with Crippen LogP contribution in [0.2, 0.25) is 0 Å². The van der Waals surface area contributed by atoms with E-state index in [2.05, 4.69) is 4.74 Å². The first-order valence-corrected chi connectivity index (χ1v) is 5.03. The minimum absolute atomic E-state index is 0.0532. The Morgan fingerprint density at radius 1 is 1.62 bits per heavy atom. The van der Waals surface area contributed by atoms with E-state index in [1.54, 1.807) is 18.3 Å². The third kappa shape index (κ3) is 2.90. The second kappa shape index (κ2) is 5.41. The predicted octanol–water partition coefficient (Wildman–Crippen LogP) is 0.0456. The molecule has 0 unspecified atom stereocenters. The number of aromatic nitrogens is 1. The Morgan fingerprint density at radius 3 is 2.88 bits per heavy atom. The Labute approximate surface area is 97.8 Å². The van der Waals surface area contributed by atoms with Crippen LogP contribution in [-0.4, -0.2) is 22.6 Å². The van der Waals surface area contributed by atoms with Gasteiger partial charge in [0.1, 0.15) is 4.99 Å². The first-order valence-electron chi connectivity index (χ1n) is 4.62. The number of hydrogen-bond acceptors (Lipinski definition) is 4. The molecule has 1 aromatic rings. The molecule has 0 saturated heterocycles. The Bertz CT molecular complexity index is 467. The summed E-state index contributed by atoms with van der Waals surface area (Å²) in [6.45, 7) is 0.252. The van der Waals surface area contributed by atoms with Crippen molar-refractivity contribution in [3.05, 3.63) is 34.2 Å². The van der Waals surface area contributed by atoms with Crippen molar-refractivity contribution < 1.29 is 9.53 Å². The molecule has 0 atom stereocenters. The predicted molar refractivity (Wildman–Crippen MR) is 63.2 cm³/mol. The second-order valence-electron chi connectivity index (χ2n) is 3.11. The lowest BCUT2D eigenvalue weighted by Crippen LogP contribution is -2.29. The standard InChI is InChI=1S/C10H12N2O3S/c1-15-8(13)4-6-12-5-2-3-7(9(11)16)10(12)14/h2-3,5H,4,6H2,1H3,(H2,11,16). The van der Waals surface area contributed by atoms with Crippen molar-refractivity contribution >= 4 is 23.2 Å². The highest BCUT2D eigenvalue weighted by molar-refractivity contribution is 7.80. The normalized spacial score (nSPS) is 9.81. The number of thiocarbonyl (C=S) groups is 1. The average Bonchev–Trinajstić information content (AvgIpc) is 2.26. The molecule has 6 heteroatoms. The molecule has 5 nitrogen and oxygen atoms in total. The molecule has 86 valence electrons. The first kappa shape index (κ1) is 12.4. The van der Waals surface area contributed by atoms with Gasteiger partial charge < -0.3 is 15.0 Å². The van der Waals surface area contributed by atoms with Gasteiger partial charge in [-0.05, 0) is 12.1 Å².